The molecule has 1 heterocycles. The second-order valence-corrected chi connectivity index (χ2v) is 4.86. The molecule has 3 nitrogen and oxygen atoms in total. The lowest BCUT2D eigenvalue weighted by molar-refractivity contribution is 0.511. The van der Waals surface area contributed by atoms with E-state index in [9.17, 15) is 0 Å². The summed E-state index contributed by atoms with van der Waals surface area (Å²) in [6, 6.07) is 0.400. The number of hydrogen-bond acceptors (Lipinski definition) is 2. The van der Waals surface area contributed by atoms with Crippen LogP contribution >= 0.6 is 12.2 Å². The molecule has 78 valence electrons. The molecular formula is C10H17N3S. The predicted molar refractivity (Wildman–Crippen MR) is 58.9 cm³/mol. The van der Waals surface area contributed by atoms with Crippen LogP contribution in [0.25, 0.3) is 0 Å². The van der Waals surface area contributed by atoms with Gasteiger partial charge in [0.25, 0.3) is 0 Å². The summed E-state index contributed by atoms with van der Waals surface area (Å²) >= 11 is 5.22. The fourth-order valence-corrected chi connectivity index (χ4v) is 2.29. The Labute approximate surface area is 89.5 Å². The van der Waals surface area contributed by atoms with E-state index in [0.29, 0.717) is 12.0 Å². The molecule has 0 aliphatic heterocycles. The zero-order valence-corrected chi connectivity index (χ0v) is 9.77. The number of nitrogens with zero attached hydrogens (tertiary/aromatic N) is 2. The Kier molecular flexibility index (Phi) is 2.47. The van der Waals surface area contributed by atoms with Gasteiger partial charge in [-0.25, -0.2) is 0 Å². The van der Waals surface area contributed by atoms with Crippen molar-refractivity contribution in [2.75, 3.05) is 0 Å². The first-order valence-corrected chi connectivity index (χ1v) is 5.69. The molecule has 0 aromatic carbocycles. The number of H-pyrrole nitrogens is 1. The summed E-state index contributed by atoms with van der Waals surface area (Å²) in [5.41, 5.74) is 0. The molecule has 1 unspecified atom stereocenters. The summed E-state index contributed by atoms with van der Waals surface area (Å²) in [6.07, 6.45) is 2.69. The van der Waals surface area contributed by atoms with E-state index in [1.54, 1.807) is 0 Å². The van der Waals surface area contributed by atoms with Crippen LogP contribution in [-0.4, -0.2) is 14.8 Å². The number of nitrogens with one attached hydrogen (secondary N) is 1. The van der Waals surface area contributed by atoms with Gasteiger partial charge in [-0.15, -0.1) is 0 Å². The van der Waals surface area contributed by atoms with E-state index in [1.807, 2.05) is 0 Å². The third-order valence-corrected chi connectivity index (χ3v) is 3.27. The van der Waals surface area contributed by atoms with Crippen molar-refractivity contribution in [3.05, 3.63) is 10.6 Å². The summed E-state index contributed by atoms with van der Waals surface area (Å²) < 4.78 is 2.89. The van der Waals surface area contributed by atoms with Gasteiger partial charge in [-0.2, -0.15) is 5.10 Å². The maximum absolute atomic E-state index is 5.22. The van der Waals surface area contributed by atoms with Gasteiger partial charge in [0.1, 0.15) is 5.82 Å². The molecule has 14 heavy (non-hydrogen) atoms. The molecule has 0 amide bonds. The lowest BCUT2D eigenvalue weighted by atomic mass is 10.1. The van der Waals surface area contributed by atoms with E-state index in [2.05, 4.69) is 35.5 Å². The highest BCUT2D eigenvalue weighted by Gasteiger charge is 2.32. The maximum atomic E-state index is 5.22. The summed E-state index contributed by atoms with van der Waals surface area (Å²) in [5.74, 6) is 2.51. The first kappa shape index (κ1) is 9.90. The van der Waals surface area contributed by atoms with Crippen molar-refractivity contribution < 1.29 is 0 Å². The van der Waals surface area contributed by atoms with Crippen molar-refractivity contribution in [2.24, 2.45) is 5.92 Å². The second kappa shape index (κ2) is 3.50. The van der Waals surface area contributed by atoms with Crippen LogP contribution in [0.2, 0.25) is 0 Å². The monoisotopic (exact) mass is 211 g/mol. The van der Waals surface area contributed by atoms with Gasteiger partial charge in [-0.1, -0.05) is 6.92 Å². The van der Waals surface area contributed by atoms with E-state index in [4.69, 9.17) is 12.2 Å². The highest BCUT2D eigenvalue weighted by Crippen LogP contribution is 2.41. The number of aromatic nitrogens is 3. The molecule has 1 aromatic rings. The van der Waals surface area contributed by atoms with Crippen molar-refractivity contribution >= 4 is 12.2 Å². The van der Waals surface area contributed by atoms with E-state index < -0.39 is 0 Å². The van der Waals surface area contributed by atoms with Crippen molar-refractivity contribution in [3.63, 3.8) is 0 Å². The van der Waals surface area contributed by atoms with Gasteiger partial charge in [0.15, 0.2) is 4.77 Å². The van der Waals surface area contributed by atoms with Crippen LogP contribution in [0.1, 0.15) is 51.4 Å². The maximum Gasteiger partial charge on any atom is 0.195 e. The van der Waals surface area contributed by atoms with Crippen LogP contribution in [0.4, 0.5) is 0 Å². The van der Waals surface area contributed by atoms with Gasteiger partial charge in [0.05, 0.1) is 0 Å². The molecule has 1 saturated carbocycles. The van der Waals surface area contributed by atoms with Gasteiger partial charge in [-0.05, 0) is 44.8 Å². The third-order valence-electron chi connectivity index (χ3n) is 2.98. The third kappa shape index (κ3) is 1.63. The Hall–Kier alpha value is -0.640. The van der Waals surface area contributed by atoms with Gasteiger partial charge in [0.2, 0.25) is 0 Å². The molecule has 1 atom stereocenters. The molecule has 4 heteroatoms. The standard InChI is InChI=1S/C10H17N3S/c1-6(2)13-9(11-12-10(13)14)7(3)8-4-5-8/h6-8H,4-5H2,1-3H3,(H,12,14). The first-order chi connectivity index (χ1) is 6.61. The molecule has 1 aliphatic rings. The van der Waals surface area contributed by atoms with Crippen molar-refractivity contribution in [1.29, 1.82) is 0 Å². The Morgan fingerprint density at radius 1 is 1.43 bits per heavy atom. The molecule has 0 saturated heterocycles. The highest BCUT2D eigenvalue weighted by molar-refractivity contribution is 7.71. The molecule has 0 bridgehead atoms. The van der Waals surface area contributed by atoms with Gasteiger partial charge < -0.3 is 4.57 Å². The second-order valence-electron chi connectivity index (χ2n) is 4.48. The van der Waals surface area contributed by atoms with Crippen LogP contribution in [0.5, 0.6) is 0 Å². The SMILES string of the molecule is CC(c1n[nH]c(=S)n1C(C)C)C1CC1. The average molecular weight is 211 g/mol. The summed E-state index contributed by atoms with van der Waals surface area (Å²) in [7, 11) is 0. The lowest BCUT2D eigenvalue weighted by Crippen LogP contribution is -2.10. The van der Waals surface area contributed by atoms with Crippen molar-refractivity contribution in [3.8, 4) is 0 Å². The Bertz CT molecular complexity index is 373. The van der Waals surface area contributed by atoms with Crippen molar-refractivity contribution in [2.45, 2.75) is 45.6 Å². The fourth-order valence-electron chi connectivity index (χ4n) is 1.94. The van der Waals surface area contributed by atoms with E-state index in [1.165, 1.54) is 12.8 Å². The topological polar surface area (TPSA) is 33.6 Å². The zero-order chi connectivity index (χ0) is 10.3. The van der Waals surface area contributed by atoms with Gasteiger partial charge >= 0.3 is 0 Å². The molecule has 1 fully saturated rings. The average Bonchev–Trinajstić information content (AvgIpc) is 2.88. The Morgan fingerprint density at radius 3 is 2.57 bits per heavy atom. The first-order valence-electron chi connectivity index (χ1n) is 5.28. The minimum atomic E-state index is 0.400. The summed E-state index contributed by atoms with van der Waals surface area (Å²) in [4.78, 5) is 0. The van der Waals surface area contributed by atoms with Crippen LogP contribution in [-0.2, 0) is 0 Å². The van der Waals surface area contributed by atoms with E-state index in [0.717, 1.165) is 16.5 Å². The molecule has 1 N–H and O–H groups in total. The smallest absolute Gasteiger partial charge is 0.195 e. The van der Waals surface area contributed by atoms with Crippen molar-refractivity contribution in [1.82, 2.24) is 14.8 Å². The molecular weight excluding hydrogens is 194 g/mol. The normalized spacial score (nSPS) is 18.9. The largest absolute Gasteiger partial charge is 0.301 e. The van der Waals surface area contributed by atoms with Crippen LogP contribution in [0.15, 0.2) is 0 Å². The molecule has 0 radical (unpaired) electrons. The number of hydrogen-bond donors (Lipinski definition) is 1. The Morgan fingerprint density at radius 2 is 2.07 bits per heavy atom. The van der Waals surface area contributed by atoms with Crippen LogP contribution < -0.4 is 0 Å². The predicted octanol–water partition coefficient (Wildman–Crippen LogP) is 3.04. The summed E-state index contributed by atoms with van der Waals surface area (Å²) in [5, 5.41) is 7.24. The fraction of sp³-hybridized carbons (Fsp3) is 0.800. The zero-order valence-electron chi connectivity index (χ0n) is 8.95. The van der Waals surface area contributed by atoms with E-state index >= 15 is 0 Å². The molecule has 2 rings (SSSR count). The minimum absolute atomic E-state index is 0.400. The molecule has 1 aliphatic carbocycles. The van der Waals surface area contributed by atoms with Crippen LogP contribution in [0.3, 0.4) is 0 Å². The van der Waals surface area contributed by atoms with Gasteiger partial charge in [-0.3, -0.25) is 5.10 Å². The molecule has 0 spiro atoms. The highest BCUT2D eigenvalue weighted by atomic mass is 32.1. The van der Waals surface area contributed by atoms with Crippen LogP contribution in [0, 0.1) is 10.7 Å². The lowest BCUT2D eigenvalue weighted by Gasteiger charge is -2.14. The number of aromatic amines is 1. The quantitative estimate of drug-likeness (QED) is 0.780. The summed E-state index contributed by atoms with van der Waals surface area (Å²) in [6.45, 7) is 6.55. The molecule has 1 aromatic heterocycles. The van der Waals surface area contributed by atoms with Gasteiger partial charge in [0, 0.05) is 12.0 Å². The van der Waals surface area contributed by atoms with E-state index in [-0.39, 0.29) is 0 Å². The Balaban J connectivity index is 2.36. The number of rotatable bonds is 3. The minimum Gasteiger partial charge on any atom is -0.301 e.